The summed E-state index contributed by atoms with van der Waals surface area (Å²) in [7, 11) is 1.53. The monoisotopic (exact) mass is 464 g/mol. The molecule has 2 aromatic carbocycles. The maximum atomic E-state index is 13.8. The number of aromatic nitrogens is 4. The molecular formula is C25H21F3N5O. The maximum Gasteiger partial charge on any atom is 0.435 e. The minimum absolute atomic E-state index is 0.154. The summed E-state index contributed by atoms with van der Waals surface area (Å²) in [6, 6.07) is 14.4. The standard InChI is InChI=1S/C25H21F3N5O/c1-16-23-22(24(25(26,27)28)30-33(23)20-8-10-21(34-3)11-9-20)12-14-31(16)18-4-6-19(7-5-18)32-15-13-29-17(32)2/h4-11,13,15H,1-2,12,14H2,3H3. The zero-order chi connectivity index (χ0) is 24.0. The van der Waals surface area contributed by atoms with Gasteiger partial charge in [0.25, 0.3) is 0 Å². The largest absolute Gasteiger partial charge is 0.497 e. The Morgan fingerprint density at radius 3 is 2.21 bits per heavy atom. The third-order valence-corrected chi connectivity index (χ3v) is 5.91. The van der Waals surface area contributed by atoms with E-state index in [-0.39, 0.29) is 12.0 Å². The third-order valence-electron chi connectivity index (χ3n) is 5.91. The van der Waals surface area contributed by atoms with E-state index in [1.807, 2.05) is 39.9 Å². The van der Waals surface area contributed by atoms with Gasteiger partial charge >= 0.3 is 6.18 Å². The first-order valence-corrected chi connectivity index (χ1v) is 10.5. The van der Waals surface area contributed by atoms with Gasteiger partial charge in [0, 0.05) is 42.8 Å². The van der Waals surface area contributed by atoms with Gasteiger partial charge in [0.05, 0.1) is 24.2 Å². The van der Waals surface area contributed by atoms with E-state index < -0.39 is 11.9 Å². The van der Waals surface area contributed by atoms with Crippen molar-refractivity contribution >= 4 is 11.4 Å². The van der Waals surface area contributed by atoms with Crippen LogP contribution in [-0.2, 0) is 12.6 Å². The van der Waals surface area contributed by atoms with Crippen molar-refractivity contribution in [2.24, 2.45) is 0 Å². The Morgan fingerprint density at radius 2 is 1.62 bits per heavy atom. The molecule has 6 nitrogen and oxygen atoms in total. The van der Waals surface area contributed by atoms with Crippen molar-refractivity contribution in [3.63, 3.8) is 0 Å². The van der Waals surface area contributed by atoms with Crippen molar-refractivity contribution in [1.29, 1.82) is 0 Å². The molecule has 0 spiro atoms. The number of benzene rings is 2. The minimum atomic E-state index is -4.57. The predicted molar refractivity (Wildman–Crippen MR) is 123 cm³/mol. The van der Waals surface area contributed by atoms with Gasteiger partial charge in [0.15, 0.2) is 5.69 Å². The molecule has 0 saturated heterocycles. The zero-order valence-corrected chi connectivity index (χ0v) is 18.4. The van der Waals surface area contributed by atoms with Crippen molar-refractivity contribution in [2.75, 3.05) is 18.6 Å². The number of ether oxygens (including phenoxy) is 1. The van der Waals surface area contributed by atoms with E-state index in [0.29, 0.717) is 35.2 Å². The smallest absolute Gasteiger partial charge is 0.435 e. The molecule has 2 aromatic heterocycles. The van der Waals surface area contributed by atoms with E-state index >= 15 is 0 Å². The quantitative estimate of drug-likeness (QED) is 0.411. The van der Waals surface area contributed by atoms with Crippen LogP contribution in [0, 0.1) is 6.92 Å². The van der Waals surface area contributed by atoms with E-state index in [2.05, 4.69) is 23.6 Å². The van der Waals surface area contributed by atoms with Crippen LogP contribution in [0.4, 0.5) is 18.9 Å². The SMILES string of the molecule is [CH2]c1nccn1-c1ccc(N2CCc3c(C(F)(F)F)nn(-c4ccc(OC)cc4)c3C2=C)cc1. The lowest BCUT2D eigenvalue weighted by atomic mass is 10.0. The third kappa shape index (κ3) is 3.63. The predicted octanol–water partition coefficient (Wildman–Crippen LogP) is 5.30. The van der Waals surface area contributed by atoms with Crippen LogP contribution in [0.25, 0.3) is 17.1 Å². The van der Waals surface area contributed by atoms with Crippen LogP contribution >= 0.6 is 0 Å². The van der Waals surface area contributed by atoms with Crippen molar-refractivity contribution < 1.29 is 17.9 Å². The number of imidazole rings is 1. The van der Waals surface area contributed by atoms with Crippen LogP contribution < -0.4 is 9.64 Å². The Balaban J connectivity index is 1.55. The molecule has 0 saturated carbocycles. The summed E-state index contributed by atoms with van der Waals surface area (Å²) in [6.07, 6.45) is -0.896. The lowest BCUT2D eigenvalue weighted by molar-refractivity contribution is -0.141. The number of hydrogen-bond acceptors (Lipinski definition) is 4. The van der Waals surface area contributed by atoms with Crippen LogP contribution in [-0.4, -0.2) is 33.0 Å². The molecular weight excluding hydrogens is 443 g/mol. The summed E-state index contributed by atoms with van der Waals surface area (Å²) in [6.45, 7) is 8.41. The van der Waals surface area contributed by atoms with E-state index in [0.717, 1.165) is 11.4 Å². The van der Waals surface area contributed by atoms with Crippen LogP contribution in [0.5, 0.6) is 5.75 Å². The molecule has 1 aliphatic rings. The highest BCUT2D eigenvalue weighted by atomic mass is 19.4. The van der Waals surface area contributed by atoms with E-state index in [4.69, 9.17) is 4.74 Å². The van der Waals surface area contributed by atoms with Gasteiger partial charge in [0.2, 0.25) is 0 Å². The topological polar surface area (TPSA) is 48.1 Å². The highest BCUT2D eigenvalue weighted by Gasteiger charge is 2.41. The van der Waals surface area contributed by atoms with Crippen LogP contribution in [0.2, 0.25) is 0 Å². The summed E-state index contributed by atoms with van der Waals surface area (Å²) in [5.41, 5.74) is 2.28. The van der Waals surface area contributed by atoms with Gasteiger partial charge in [-0.05, 0) is 55.0 Å². The van der Waals surface area contributed by atoms with E-state index in [1.54, 1.807) is 30.5 Å². The number of methoxy groups -OCH3 is 1. The van der Waals surface area contributed by atoms with Crippen LogP contribution in [0.3, 0.4) is 0 Å². The molecule has 4 aromatic rings. The van der Waals surface area contributed by atoms with Crippen LogP contribution in [0.1, 0.15) is 22.8 Å². The molecule has 0 fully saturated rings. The first-order valence-electron chi connectivity index (χ1n) is 10.5. The number of halogens is 3. The van der Waals surface area contributed by atoms with Crippen molar-refractivity contribution in [1.82, 2.24) is 19.3 Å². The molecule has 1 radical (unpaired) electrons. The molecule has 0 unspecified atom stereocenters. The summed E-state index contributed by atoms with van der Waals surface area (Å²) in [5, 5.41) is 3.97. The van der Waals surface area contributed by atoms with Gasteiger partial charge in [-0.3, -0.25) is 0 Å². The molecule has 3 heterocycles. The summed E-state index contributed by atoms with van der Waals surface area (Å²) in [5.74, 6) is 1.22. The van der Waals surface area contributed by atoms with E-state index in [1.165, 1.54) is 11.8 Å². The fraction of sp³-hybridized carbons (Fsp3) is 0.160. The Bertz CT molecular complexity index is 1350. The Morgan fingerprint density at radius 1 is 0.971 bits per heavy atom. The van der Waals surface area contributed by atoms with Gasteiger partial charge in [-0.15, -0.1) is 0 Å². The average molecular weight is 464 g/mol. The van der Waals surface area contributed by atoms with Gasteiger partial charge in [-0.1, -0.05) is 6.58 Å². The van der Waals surface area contributed by atoms with E-state index in [9.17, 15) is 13.2 Å². The molecule has 0 atom stereocenters. The molecule has 0 N–H and O–H groups in total. The molecule has 1 aliphatic heterocycles. The van der Waals surface area contributed by atoms with Crippen molar-refractivity contribution in [3.8, 4) is 17.1 Å². The molecule has 34 heavy (non-hydrogen) atoms. The number of anilines is 1. The molecule has 173 valence electrons. The number of alkyl halides is 3. The zero-order valence-electron chi connectivity index (χ0n) is 18.4. The number of hydrogen-bond donors (Lipinski definition) is 0. The Hall–Kier alpha value is -4.01. The maximum absolute atomic E-state index is 13.8. The normalized spacial score (nSPS) is 13.8. The molecule has 0 bridgehead atoms. The Labute approximate surface area is 194 Å². The van der Waals surface area contributed by atoms with Gasteiger partial charge < -0.3 is 14.2 Å². The molecule has 5 rings (SSSR count). The summed E-state index contributed by atoms with van der Waals surface area (Å²) < 4.78 is 49.8. The second-order valence-corrected chi connectivity index (χ2v) is 7.86. The number of nitrogens with zero attached hydrogens (tertiary/aromatic N) is 5. The number of fused-ring (bicyclic) bond motifs is 1. The highest BCUT2D eigenvalue weighted by Crippen LogP contribution is 2.40. The second-order valence-electron chi connectivity index (χ2n) is 7.86. The van der Waals surface area contributed by atoms with Crippen molar-refractivity contribution in [2.45, 2.75) is 12.6 Å². The van der Waals surface area contributed by atoms with Gasteiger partial charge in [0.1, 0.15) is 11.6 Å². The summed E-state index contributed by atoms with van der Waals surface area (Å²) in [4.78, 5) is 6.04. The highest BCUT2D eigenvalue weighted by molar-refractivity contribution is 5.81. The fourth-order valence-electron chi connectivity index (χ4n) is 4.26. The molecule has 0 aliphatic carbocycles. The first-order chi connectivity index (χ1) is 16.3. The Kier molecular flexibility index (Phi) is 5.19. The lowest BCUT2D eigenvalue weighted by Crippen LogP contribution is -2.30. The van der Waals surface area contributed by atoms with Gasteiger partial charge in [-0.25, -0.2) is 9.67 Å². The average Bonchev–Trinajstić information content (AvgIpc) is 3.44. The lowest BCUT2D eigenvalue weighted by Gasteiger charge is -2.32. The number of rotatable bonds is 4. The van der Waals surface area contributed by atoms with Crippen LogP contribution in [0.15, 0.2) is 67.5 Å². The van der Waals surface area contributed by atoms with Crippen molar-refractivity contribution in [3.05, 3.63) is 97.2 Å². The fourth-order valence-corrected chi connectivity index (χ4v) is 4.26. The first kappa shape index (κ1) is 21.8. The summed E-state index contributed by atoms with van der Waals surface area (Å²) >= 11 is 0. The van der Waals surface area contributed by atoms with Gasteiger partial charge in [-0.2, -0.15) is 18.3 Å². The second kappa shape index (κ2) is 8.09. The molecule has 0 amide bonds. The molecule has 9 heteroatoms. The minimum Gasteiger partial charge on any atom is -0.497 e.